The minimum absolute atomic E-state index is 0.0385. The number of rotatable bonds is 2. The van der Waals surface area contributed by atoms with Gasteiger partial charge in [-0.15, -0.1) is 0 Å². The lowest BCUT2D eigenvalue weighted by Crippen LogP contribution is -2.36. The summed E-state index contributed by atoms with van der Waals surface area (Å²) in [6.45, 7) is 0.802. The molecule has 3 unspecified atom stereocenters. The van der Waals surface area contributed by atoms with Crippen LogP contribution in [-0.2, 0) is 4.74 Å². The molecule has 0 saturated carbocycles. The molecule has 18 heavy (non-hydrogen) atoms. The van der Waals surface area contributed by atoms with Gasteiger partial charge >= 0.3 is 0 Å². The molecular weight excluding hydrogens is 232 g/mol. The molecule has 0 spiro atoms. The first kappa shape index (κ1) is 11.8. The molecule has 0 aliphatic carbocycles. The van der Waals surface area contributed by atoms with E-state index in [1.807, 2.05) is 18.2 Å². The molecule has 0 radical (unpaired) electrons. The molecule has 98 valence electrons. The maximum Gasteiger partial charge on any atom is 0.128 e. The number of methoxy groups -OCH3 is 1. The molecule has 0 amide bonds. The van der Waals surface area contributed by atoms with Crippen LogP contribution < -0.4 is 9.47 Å². The van der Waals surface area contributed by atoms with Crippen LogP contribution in [0.2, 0.25) is 0 Å². The number of hydrogen-bond acceptors (Lipinski definition) is 4. The zero-order valence-electron chi connectivity index (χ0n) is 10.5. The Hall–Kier alpha value is -1.26. The van der Waals surface area contributed by atoms with Gasteiger partial charge in [0.05, 0.1) is 19.3 Å². The number of hydrogen-bond donors (Lipinski definition) is 1. The number of fused-ring (bicyclic) bond motifs is 1. The van der Waals surface area contributed by atoms with Crippen LogP contribution in [-0.4, -0.2) is 31.0 Å². The van der Waals surface area contributed by atoms with Crippen LogP contribution in [0.25, 0.3) is 0 Å². The summed E-state index contributed by atoms with van der Waals surface area (Å²) in [4.78, 5) is 0. The van der Waals surface area contributed by atoms with Gasteiger partial charge in [0.15, 0.2) is 0 Å². The average molecular weight is 250 g/mol. The van der Waals surface area contributed by atoms with Gasteiger partial charge in [-0.2, -0.15) is 0 Å². The van der Waals surface area contributed by atoms with E-state index in [1.54, 1.807) is 7.11 Å². The molecule has 1 aromatic carbocycles. The van der Waals surface area contributed by atoms with Crippen LogP contribution in [0.3, 0.4) is 0 Å². The molecule has 0 bridgehead atoms. The summed E-state index contributed by atoms with van der Waals surface area (Å²) in [6, 6.07) is 5.55. The molecule has 4 nitrogen and oxygen atoms in total. The first-order chi connectivity index (χ1) is 8.78. The standard InChI is InChI=1S/C14H18O4/c1-16-9-4-5-12-10(7-9)11(15)8-14(18-12)13-3-2-6-17-13/h4-5,7,11,13-15H,2-3,6,8H2,1H3. The summed E-state index contributed by atoms with van der Waals surface area (Å²) in [5, 5.41) is 10.2. The summed E-state index contributed by atoms with van der Waals surface area (Å²) in [5.74, 6) is 1.49. The minimum Gasteiger partial charge on any atom is -0.497 e. The van der Waals surface area contributed by atoms with E-state index in [1.165, 1.54) is 0 Å². The van der Waals surface area contributed by atoms with E-state index in [4.69, 9.17) is 14.2 Å². The van der Waals surface area contributed by atoms with Crippen LogP contribution in [0.4, 0.5) is 0 Å². The van der Waals surface area contributed by atoms with Crippen LogP contribution in [0, 0.1) is 0 Å². The van der Waals surface area contributed by atoms with Crippen molar-refractivity contribution in [1.29, 1.82) is 0 Å². The van der Waals surface area contributed by atoms with Crippen molar-refractivity contribution < 1.29 is 19.3 Å². The summed E-state index contributed by atoms with van der Waals surface area (Å²) in [6.07, 6.45) is 2.26. The van der Waals surface area contributed by atoms with Gasteiger partial charge in [0.2, 0.25) is 0 Å². The lowest BCUT2D eigenvalue weighted by atomic mass is 9.95. The highest BCUT2D eigenvalue weighted by Crippen LogP contribution is 2.39. The van der Waals surface area contributed by atoms with Gasteiger partial charge < -0.3 is 19.3 Å². The molecule has 1 aromatic rings. The van der Waals surface area contributed by atoms with Crippen molar-refractivity contribution in [1.82, 2.24) is 0 Å². The lowest BCUT2D eigenvalue weighted by Gasteiger charge is -2.32. The maximum absolute atomic E-state index is 10.2. The van der Waals surface area contributed by atoms with Crippen molar-refractivity contribution in [3.05, 3.63) is 23.8 Å². The van der Waals surface area contributed by atoms with Crippen molar-refractivity contribution in [3.63, 3.8) is 0 Å². The molecule has 2 aliphatic rings. The molecule has 1 fully saturated rings. The van der Waals surface area contributed by atoms with Gasteiger partial charge in [0.25, 0.3) is 0 Å². The SMILES string of the molecule is COc1ccc2c(c1)C(O)CC(C1CCCO1)O2. The quantitative estimate of drug-likeness (QED) is 0.872. The Labute approximate surface area is 106 Å². The third kappa shape index (κ3) is 2.06. The molecule has 3 atom stereocenters. The Morgan fingerprint density at radius 1 is 1.33 bits per heavy atom. The summed E-state index contributed by atoms with van der Waals surface area (Å²) >= 11 is 0. The fourth-order valence-corrected chi connectivity index (χ4v) is 2.70. The second kappa shape index (κ2) is 4.78. The smallest absolute Gasteiger partial charge is 0.128 e. The topological polar surface area (TPSA) is 47.9 Å². The Kier molecular flexibility index (Phi) is 3.14. The van der Waals surface area contributed by atoms with E-state index in [2.05, 4.69) is 0 Å². The summed E-state index contributed by atoms with van der Waals surface area (Å²) in [5.41, 5.74) is 0.809. The molecule has 1 N–H and O–H groups in total. The van der Waals surface area contributed by atoms with Gasteiger partial charge in [0.1, 0.15) is 17.6 Å². The van der Waals surface area contributed by atoms with Crippen LogP contribution in [0.5, 0.6) is 11.5 Å². The first-order valence-corrected chi connectivity index (χ1v) is 6.42. The van der Waals surface area contributed by atoms with Crippen molar-refractivity contribution in [2.24, 2.45) is 0 Å². The highest BCUT2D eigenvalue weighted by Gasteiger charge is 2.34. The molecule has 1 saturated heterocycles. The predicted octanol–water partition coefficient (Wildman–Crippen LogP) is 2.06. The molecule has 4 heteroatoms. The number of aliphatic hydroxyl groups is 1. The van der Waals surface area contributed by atoms with Crippen molar-refractivity contribution in [3.8, 4) is 11.5 Å². The average Bonchev–Trinajstić information content (AvgIpc) is 2.92. The Morgan fingerprint density at radius 2 is 2.22 bits per heavy atom. The second-order valence-corrected chi connectivity index (χ2v) is 4.86. The fraction of sp³-hybridized carbons (Fsp3) is 0.571. The normalized spacial score (nSPS) is 30.7. The highest BCUT2D eigenvalue weighted by molar-refractivity contribution is 5.43. The Balaban J connectivity index is 1.83. The van der Waals surface area contributed by atoms with E-state index < -0.39 is 6.10 Å². The molecule has 3 rings (SSSR count). The fourth-order valence-electron chi connectivity index (χ4n) is 2.70. The van der Waals surface area contributed by atoms with E-state index in [0.717, 1.165) is 36.5 Å². The van der Waals surface area contributed by atoms with Crippen LogP contribution in [0.1, 0.15) is 30.9 Å². The van der Waals surface area contributed by atoms with E-state index in [9.17, 15) is 5.11 Å². The summed E-state index contributed by atoms with van der Waals surface area (Å²) in [7, 11) is 1.62. The van der Waals surface area contributed by atoms with E-state index in [-0.39, 0.29) is 12.2 Å². The monoisotopic (exact) mass is 250 g/mol. The third-order valence-electron chi connectivity index (χ3n) is 3.69. The van der Waals surface area contributed by atoms with Crippen molar-refractivity contribution in [2.75, 3.05) is 13.7 Å². The largest absolute Gasteiger partial charge is 0.497 e. The third-order valence-corrected chi connectivity index (χ3v) is 3.69. The zero-order chi connectivity index (χ0) is 12.5. The number of benzene rings is 1. The maximum atomic E-state index is 10.2. The molecule has 2 aliphatic heterocycles. The Morgan fingerprint density at radius 3 is 2.94 bits per heavy atom. The van der Waals surface area contributed by atoms with Gasteiger partial charge in [-0.05, 0) is 31.0 Å². The van der Waals surface area contributed by atoms with Gasteiger partial charge in [-0.3, -0.25) is 0 Å². The molecular formula is C14H18O4. The number of aliphatic hydroxyl groups excluding tert-OH is 1. The molecule has 0 aromatic heterocycles. The van der Waals surface area contributed by atoms with E-state index >= 15 is 0 Å². The van der Waals surface area contributed by atoms with Crippen LogP contribution in [0.15, 0.2) is 18.2 Å². The van der Waals surface area contributed by atoms with Gasteiger partial charge in [0, 0.05) is 18.6 Å². The lowest BCUT2D eigenvalue weighted by molar-refractivity contribution is -0.0272. The predicted molar refractivity (Wildman–Crippen MR) is 66.0 cm³/mol. The van der Waals surface area contributed by atoms with Crippen molar-refractivity contribution in [2.45, 2.75) is 37.6 Å². The van der Waals surface area contributed by atoms with E-state index in [0.29, 0.717) is 6.42 Å². The van der Waals surface area contributed by atoms with Gasteiger partial charge in [-0.1, -0.05) is 0 Å². The summed E-state index contributed by atoms with van der Waals surface area (Å²) < 4.78 is 16.7. The zero-order valence-corrected chi connectivity index (χ0v) is 10.5. The minimum atomic E-state index is -0.502. The number of ether oxygens (including phenoxy) is 3. The van der Waals surface area contributed by atoms with Crippen LogP contribution >= 0.6 is 0 Å². The Bertz CT molecular complexity index is 426. The van der Waals surface area contributed by atoms with Gasteiger partial charge in [-0.25, -0.2) is 0 Å². The highest BCUT2D eigenvalue weighted by atomic mass is 16.5. The van der Waals surface area contributed by atoms with Crippen molar-refractivity contribution >= 4 is 0 Å². The molecule has 2 heterocycles. The first-order valence-electron chi connectivity index (χ1n) is 6.42. The second-order valence-electron chi connectivity index (χ2n) is 4.86.